The lowest BCUT2D eigenvalue weighted by molar-refractivity contribution is 0.0785. The molecule has 6 nitrogen and oxygen atoms in total. The largest absolute Gasteiger partial charge is 0.337 e. The lowest BCUT2D eigenvalue weighted by atomic mass is 10.2. The van der Waals surface area contributed by atoms with Crippen LogP contribution in [0.1, 0.15) is 21.6 Å². The number of aryl methyl sites for hydroxylation is 1. The van der Waals surface area contributed by atoms with Crippen molar-refractivity contribution < 1.29 is 4.79 Å². The van der Waals surface area contributed by atoms with E-state index in [4.69, 9.17) is 5.84 Å². The Morgan fingerprint density at radius 3 is 2.90 bits per heavy atom. The SMILES string of the molecule is Cc1cc(C(=O)N(C)Cc2cccnc2)cc(NN)n1. The van der Waals surface area contributed by atoms with Gasteiger partial charge in [-0.05, 0) is 30.7 Å². The summed E-state index contributed by atoms with van der Waals surface area (Å²) in [6.45, 7) is 2.32. The number of pyridine rings is 2. The molecule has 104 valence electrons. The average molecular weight is 271 g/mol. The highest BCUT2D eigenvalue weighted by molar-refractivity contribution is 5.94. The molecule has 0 fully saturated rings. The number of rotatable bonds is 4. The topological polar surface area (TPSA) is 84.1 Å². The van der Waals surface area contributed by atoms with Crippen LogP contribution in [0, 0.1) is 6.92 Å². The molecule has 2 aromatic rings. The van der Waals surface area contributed by atoms with Gasteiger partial charge < -0.3 is 10.3 Å². The van der Waals surface area contributed by atoms with E-state index in [1.54, 1.807) is 36.5 Å². The molecule has 1 amide bonds. The first-order chi connectivity index (χ1) is 9.60. The molecule has 0 aliphatic heterocycles. The molecule has 0 aromatic carbocycles. The molecule has 2 heterocycles. The number of nitrogens with zero attached hydrogens (tertiary/aromatic N) is 3. The van der Waals surface area contributed by atoms with E-state index in [1.807, 2.05) is 19.1 Å². The number of nitrogen functional groups attached to an aromatic ring is 1. The van der Waals surface area contributed by atoms with E-state index in [0.29, 0.717) is 17.9 Å². The Hall–Kier alpha value is -2.47. The van der Waals surface area contributed by atoms with Gasteiger partial charge in [-0.2, -0.15) is 0 Å². The molecule has 0 aliphatic rings. The highest BCUT2D eigenvalue weighted by atomic mass is 16.2. The fourth-order valence-electron chi connectivity index (χ4n) is 1.92. The van der Waals surface area contributed by atoms with Gasteiger partial charge in [0.1, 0.15) is 5.82 Å². The van der Waals surface area contributed by atoms with E-state index in [2.05, 4.69) is 15.4 Å². The van der Waals surface area contributed by atoms with Gasteiger partial charge in [0.2, 0.25) is 0 Å². The summed E-state index contributed by atoms with van der Waals surface area (Å²) in [5, 5.41) is 0. The number of hydrazine groups is 1. The molecule has 2 aromatic heterocycles. The van der Waals surface area contributed by atoms with Crippen LogP contribution in [-0.2, 0) is 6.54 Å². The minimum absolute atomic E-state index is 0.0872. The minimum atomic E-state index is -0.0872. The fraction of sp³-hybridized carbons (Fsp3) is 0.214. The number of nitrogens with two attached hydrogens (primary N) is 1. The second kappa shape index (κ2) is 6.12. The summed E-state index contributed by atoms with van der Waals surface area (Å²) in [5.41, 5.74) is 4.73. The zero-order chi connectivity index (χ0) is 14.5. The Kier molecular flexibility index (Phi) is 4.27. The molecule has 20 heavy (non-hydrogen) atoms. The Morgan fingerprint density at radius 2 is 2.25 bits per heavy atom. The predicted octanol–water partition coefficient (Wildman–Crippen LogP) is 1.34. The third kappa shape index (κ3) is 3.30. The van der Waals surface area contributed by atoms with Crippen molar-refractivity contribution >= 4 is 11.7 Å². The van der Waals surface area contributed by atoms with Crippen LogP contribution in [0.5, 0.6) is 0 Å². The number of carbonyl (C=O) groups is 1. The van der Waals surface area contributed by atoms with Gasteiger partial charge in [0.25, 0.3) is 5.91 Å². The average Bonchev–Trinajstić information content (AvgIpc) is 2.46. The number of aromatic nitrogens is 2. The Balaban J connectivity index is 2.16. The second-order valence-electron chi connectivity index (χ2n) is 4.55. The van der Waals surface area contributed by atoms with Crippen molar-refractivity contribution in [1.82, 2.24) is 14.9 Å². The quantitative estimate of drug-likeness (QED) is 0.647. The first-order valence-electron chi connectivity index (χ1n) is 6.20. The van der Waals surface area contributed by atoms with Crippen molar-refractivity contribution in [2.45, 2.75) is 13.5 Å². The van der Waals surface area contributed by atoms with Gasteiger partial charge in [-0.1, -0.05) is 6.07 Å². The van der Waals surface area contributed by atoms with Crippen LogP contribution in [0.3, 0.4) is 0 Å². The van der Waals surface area contributed by atoms with Crippen molar-refractivity contribution in [3.8, 4) is 0 Å². The van der Waals surface area contributed by atoms with E-state index in [9.17, 15) is 4.79 Å². The molecule has 3 N–H and O–H groups in total. The van der Waals surface area contributed by atoms with Gasteiger partial charge in [0.05, 0.1) is 0 Å². The maximum atomic E-state index is 12.4. The standard InChI is InChI=1S/C14H17N5O/c1-10-6-12(7-13(17-10)18-15)14(20)19(2)9-11-4-3-5-16-8-11/h3-8H,9,15H2,1-2H3,(H,17,18). The highest BCUT2D eigenvalue weighted by Crippen LogP contribution is 2.12. The van der Waals surface area contributed by atoms with Gasteiger partial charge in [0.15, 0.2) is 0 Å². The maximum absolute atomic E-state index is 12.4. The summed E-state index contributed by atoms with van der Waals surface area (Å²) >= 11 is 0. The van der Waals surface area contributed by atoms with Gasteiger partial charge in [-0.15, -0.1) is 0 Å². The van der Waals surface area contributed by atoms with Crippen molar-refractivity contribution in [1.29, 1.82) is 0 Å². The summed E-state index contributed by atoms with van der Waals surface area (Å²) in [4.78, 5) is 22.2. The van der Waals surface area contributed by atoms with E-state index < -0.39 is 0 Å². The minimum Gasteiger partial charge on any atom is -0.337 e. The number of hydrogen-bond acceptors (Lipinski definition) is 5. The monoisotopic (exact) mass is 271 g/mol. The molecule has 0 saturated carbocycles. The van der Waals surface area contributed by atoms with Crippen molar-refractivity contribution in [2.75, 3.05) is 12.5 Å². The Bertz CT molecular complexity index is 600. The van der Waals surface area contributed by atoms with Crippen molar-refractivity contribution in [2.24, 2.45) is 5.84 Å². The van der Waals surface area contributed by atoms with Crippen molar-refractivity contribution in [3.63, 3.8) is 0 Å². The number of hydrogen-bond donors (Lipinski definition) is 2. The zero-order valence-corrected chi connectivity index (χ0v) is 11.5. The summed E-state index contributed by atoms with van der Waals surface area (Å²) in [7, 11) is 1.75. The number of carbonyl (C=O) groups excluding carboxylic acids is 1. The van der Waals surface area contributed by atoms with Gasteiger partial charge in [-0.3, -0.25) is 9.78 Å². The molecule has 0 bridgehead atoms. The number of amides is 1. The molecule has 0 saturated heterocycles. The molecule has 2 rings (SSSR count). The molecular formula is C14H17N5O. The summed E-state index contributed by atoms with van der Waals surface area (Å²) in [6.07, 6.45) is 3.45. The molecule has 6 heteroatoms. The molecule has 0 aliphatic carbocycles. The molecule has 0 radical (unpaired) electrons. The zero-order valence-electron chi connectivity index (χ0n) is 11.5. The van der Waals surface area contributed by atoms with Gasteiger partial charge >= 0.3 is 0 Å². The first kappa shape index (κ1) is 14.0. The Morgan fingerprint density at radius 1 is 1.45 bits per heavy atom. The van der Waals surface area contributed by atoms with Crippen LogP contribution in [0.15, 0.2) is 36.7 Å². The van der Waals surface area contributed by atoms with Crippen molar-refractivity contribution in [3.05, 3.63) is 53.5 Å². The summed E-state index contributed by atoms with van der Waals surface area (Å²) in [5.74, 6) is 5.73. The van der Waals surface area contributed by atoms with E-state index in [-0.39, 0.29) is 5.91 Å². The molecule has 0 unspecified atom stereocenters. The third-order valence-electron chi connectivity index (χ3n) is 2.84. The smallest absolute Gasteiger partial charge is 0.254 e. The molecular weight excluding hydrogens is 254 g/mol. The van der Waals surface area contributed by atoms with Gasteiger partial charge in [0, 0.05) is 37.2 Å². The van der Waals surface area contributed by atoms with E-state index in [0.717, 1.165) is 11.3 Å². The Labute approximate surface area is 117 Å². The first-order valence-corrected chi connectivity index (χ1v) is 6.20. The number of anilines is 1. The predicted molar refractivity (Wildman–Crippen MR) is 76.8 cm³/mol. The van der Waals surface area contributed by atoms with Crippen LogP contribution in [0.2, 0.25) is 0 Å². The number of nitrogens with one attached hydrogen (secondary N) is 1. The summed E-state index contributed by atoms with van der Waals surface area (Å²) < 4.78 is 0. The van der Waals surface area contributed by atoms with Crippen LogP contribution in [0.4, 0.5) is 5.82 Å². The maximum Gasteiger partial charge on any atom is 0.254 e. The third-order valence-corrected chi connectivity index (χ3v) is 2.84. The lowest BCUT2D eigenvalue weighted by Gasteiger charge is -2.17. The van der Waals surface area contributed by atoms with Crippen LogP contribution >= 0.6 is 0 Å². The normalized spacial score (nSPS) is 10.2. The highest BCUT2D eigenvalue weighted by Gasteiger charge is 2.13. The molecule has 0 atom stereocenters. The van der Waals surface area contributed by atoms with Crippen LogP contribution in [0.25, 0.3) is 0 Å². The summed E-state index contributed by atoms with van der Waals surface area (Å²) in [6, 6.07) is 7.15. The lowest BCUT2D eigenvalue weighted by Crippen LogP contribution is -2.26. The second-order valence-corrected chi connectivity index (χ2v) is 4.55. The fourth-order valence-corrected chi connectivity index (χ4v) is 1.92. The van der Waals surface area contributed by atoms with Crippen LogP contribution in [-0.4, -0.2) is 27.8 Å². The van der Waals surface area contributed by atoms with E-state index >= 15 is 0 Å². The van der Waals surface area contributed by atoms with Crippen LogP contribution < -0.4 is 11.3 Å². The van der Waals surface area contributed by atoms with Gasteiger partial charge in [-0.25, -0.2) is 10.8 Å². The molecule has 0 spiro atoms. The van der Waals surface area contributed by atoms with E-state index in [1.165, 1.54) is 0 Å².